The molecule has 0 aliphatic heterocycles. The van der Waals surface area contributed by atoms with Crippen molar-refractivity contribution in [3.8, 4) is 17.2 Å². The van der Waals surface area contributed by atoms with Crippen LogP contribution in [-0.4, -0.2) is 27.2 Å². The van der Waals surface area contributed by atoms with E-state index in [1.165, 1.54) is 12.3 Å². The highest BCUT2D eigenvalue weighted by Gasteiger charge is 2.11. The molecule has 0 unspecified atom stereocenters. The van der Waals surface area contributed by atoms with E-state index in [-0.39, 0.29) is 5.91 Å². The highest BCUT2D eigenvalue weighted by Crippen LogP contribution is 2.38. The molecule has 0 aliphatic carbocycles. The van der Waals surface area contributed by atoms with Gasteiger partial charge in [-0.1, -0.05) is 6.58 Å². The number of methoxy groups -OCH3 is 3. The summed E-state index contributed by atoms with van der Waals surface area (Å²) >= 11 is 0. The molecule has 0 radical (unpaired) electrons. The lowest BCUT2D eigenvalue weighted by Gasteiger charge is -2.12. The molecule has 19 heavy (non-hydrogen) atoms. The second-order valence-corrected chi connectivity index (χ2v) is 3.50. The van der Waals surface area contributed by atoms with Gasteiger partial charge in [-0.2, -0.15) is 0 Å². The molecule has 0 saturated carbocycles. The first kappa shape index (κ1) is 14.6. The SMILES string of the molecule is C=CC(=O)NC=Cc1cc(OC)c(OC)c(OC)c1. The van der Waals surface area contributed by atoms with Crippen LogP contribution in [0.3, 0.4) is 0 Å². The molecule has 5 nitrogen and oxygen atoms in total. The maximum absolute atomic E-state index is 11.0. The molecule has 1 aromatic carbocycles. The quantitative estimate of drug-likeness (QED) is 0.797. The summed E-state index contributed by atoms with van der Waals surface area (Å²) in [7, 11) is 4.63. The van der Waals surface area contributed by atoms with Gasteiger partial charge in [0.05, 0.1) is 21.3 Å². The van der Waals surface area contributed by atoms with Gasteiger partial charge in [-0.25, -0.2) is 0 Å². The molecule has 5 heteroatoms. The van der Waals surface area contributed by atoms with Crippen LogP contribution in [0.2, 0.25) is 0 Å². The van der Waals surface area contributed by atoms with Gasteiger partial charge in [0.1, 0.15) is 0 Å². The Morgan fingerprint density at radius 3 is 2.16 bits per heavy atom. The number of benzene rings is 1. The average Bonchev–Trinajstić information content (AvgIpc) is 2.45. The van der Waals surface area contributed by atoms with Crippen molar-refractivity contribution >= 4 is 12.0 Å². The fourth-order valence-corrected chi connectivity index (χ4v) is 1.48. The van der Waals surface area contributed by atoms with E-state index in [0.717, 1.165) is 5.56 Å². The summed E-state index contributed by atoms with van der Waals surface area (Å²) in [4.78, 5) is 11.0. The first-order valence-electron chi connectivity index (χ1n) is 5.55. The van der Waals surface area contributed by atoms with Crippen molar-refractivity contribution < 1.29 is 19.0 Å². The topological polar surface area (TPSA) is 56.8 Å². The van der Waals surface area contributed by atoms with E-state index < -0.39 is 0 Å². The standard InChI is InChI=1S/C14H17NO4/c1-5-13(16)15-7-6-10-8-11(17-2)14(19-4)12(9-10)18-3/h5-9H,1H2,2-4H3,(H,15,16). The van der Waals surface area contributed by atoms with Crippen molar-refractivity contribution in [2.24, 2.45) is 0 Å². The molecule has 1 rings (SSSR count). The number of carbonyl (C=O) groups excluding carboxylic acids is 1. The minimum atomic E-state index is -0.274. The Balaban J connectivity index is 3.02. The number of ether oxygens (including phenoxy) is 3. The molecular weight excluding hydrogens is 246 g/mol. The molecule has 1 N–H and O–H groups in total. The highest BCUT2D eigenvalue weighted by atomic mass is 16.5. The second-order valence-electron chi connectivity index (χ2n) is 3.50. The minimum Gasteiger partial charge on any atom is -0.493 e. The molecule has 0 fully saturated rings. The third-order valence-electron chi connectivity index (χ3n) is 2.37. The van der Waals surface area contributed by atoms with Crippen LogP contribution in [0.5, 0.6) is 17.2 Å². The Hall–Kier alpha value is -2.43. The zero-order valence-electron chi connectivity index (χ0n) is 11.2. The normalized spacial score (nSPS) is 10.1. The predicted molar refractivity (Wildman–Crippen MR) is 73.5 cm³/mol. The van der Waals surface area contributed by atoms with Crippen molar-refractivity contribution in [2.45, 2.75) is 0 Å². The molecule has 0 saturated heterocycles. The van der Waals surface area contributed by atoms with Crippen LogP contribution in [0.4, 0.5) is 0 Å². The van der Waals surface area contributed by atoms with E-state index in [0.29, 0.717) is 17.2 Å². The fourth-order valence-electron chi connectivity index (χ4n) is 1.48. The summed E-state index contributed by atoms with van der Waals surface area (Å²) in [6.07, 6.45) is 4.43. The van der Waals surface area contributed by atoms with Crippen LogP contribution in [0.1, 0.15) is 5.56 Å². The van der Waals surface area contributed by atoms with Gasteiger partial charge in [0.2, 0.25) is 11.7 Å². The predicted octanol–water partition coefficient (Wildman–Crippen LogP) is 1.99. The van der Waals surface area contributed by atoms with Gasteiger partial charge in [0, 0.05) is 6.20 Å². The van der Waals surface area contributed by atoms with Crippen LogP contribution in [0.15, 0.2) is 31.0 Å². The van der Waals surface area contributed by atoms with Gasteiger partial charge in [-0.3, -0.25) is 4.79 Å². The van der Waals surface area contributed by atoms with Gasteiger partial charge < -0.3 is 19.5 Å². The lowest BCUT2D eigenvalue weighted by molar-refractivity contribution is -0.115. The number of hydrogen-bond donors (Lipinski definition) is 1. The molecule has 0 aromatic heterocycles. The van der Waals surface area contributed by atoms with E-state index in [9.17, 15) is 4.79 Å². The van der Waals surface area contributed by atoms with Gasteiger partial charge in [-0.05, 0) is 29.8 Å². The van der Waals surface area contributed by atoms with Crippen LogP contribution in [0.25, 0.3) is 6.08 Å². The van der Waals surface area contributed by atoms with Crippen LogP contribution >= 0.6 is 0 Å². The van der Waals surface area contributed by atoms with E-state index in [4.69, 9.17) is 14.2 Å². The average molecular weight is 263 g/mol. The van der Waals surface area contributed by atoms with E-state index >= 15 is 0 Å². The van der Waals surface area contributed by atoms with E-state index in [1.54, 1.807) is 39.5 Å². The monoisotopic (exact) mass is 263 g/mol. The molecule has 0 atom stereocenters. The van der Waals surface area contributed by atoms with Gasteiger partial charge in [-0.15, -0.1) is 0 Å². The lowest BCUT2D eigenvalue weighted by atomic mass is 10.2. The Morgan fingerprint density at radius 1 is 1.16 bits per heavy atom. The van der Waals surface area contributed by atoms with Crippen molar-refractivity contribution in [1.29, 1.82) is 0 Å². The highest BCUT2D eigenvalue weighted by molar-refractivity contribution is 5.88. The smallest absolute Gasteiger partial charge is 0.247 e. The fraction of sp³-hybridized carbons (Fsp3) is 0.214. The van der Waals surface area contributed by atoms with Crippen LogP contribution in [-0.2, 0) is 4.79 Å². The third-order valence-corrected chi connectivity index (χ3v) is 2.37. The van der Waals surface area contributed by atoms with Gasteiger partial charge in [0.25, 0.3) is 0 Å². The first-order chi connectivity index (χ1) is 9.15. The third kappa shape index (κ3) is 3.77. The van der Waals surface area contributed by atoms with E-state index in [2.05, 4.69) is 11.9 Å². The lowest BCUT2D eigenvalue weighted by Crippen LogP contribution is -2.12. The molecule has 1 amide bonds. The van der Waals surface area contributed by atoms with Crippen molar-refractivity contribution in [1.82, 2.24) is 5.32 Å². The molecule has 0 aliphatic rings. The van der Waals surface area contributed by atoms with Gasteiger partial charge in [0.15, 0.2) is 11.5 Å². The van der Waals surface area contributed by atoms with Crippen LogP contribution < -0.4 is 19.5 Å². The summed E-state index contributed by atoms with van der Waals surface area (Å²) in [6.45, 7) is 3.36. The maximum atomic E-state index is 11.0. The van der Waals surface area contributed by atoms with Crippen molar-refractivity contribution in [2.75, 3.05) is 21.3 Å². The Kier molecular flexibility index (Phi) is 5.47. The molecule has 0 heterocycles. The summed E-state index contributed by atoms with van der Waals surface area (Å²) in [6, 6.07) is 3.55. The number of nitrogens with one attached hydrogen (secondary N) is 1. The number of hydrogen-bond acceptors (Lipinski definition) is 4. The summed E-state index contributed by atoms with van der Waals surface area (Å²) < 4.78 is 15.7. The largest absolute Gasteiger partial charge is 0.493 e. The van der Waals surface area contributed by atoms with Crippen molar-refractivity contribution in [3.05, 3.63) is 36.6 Å². The Bertz CT molecular complexity index is 469. The zero-order chi connectivity index (χ0) is 14.3. The second kappa shape index (κ2) is 7.10. The van der Waals surface area contributed by atoms with Gasteiger partial charge >= 0.3 is 0 Å². The molecule has 0 spiro atoms. The van der Waals surface area contributed by atoms with Crippen LogP contribution in [0, 0.1) is 0 Å². The molecule has 0 bridgehead atoms. The Morgan fingerprint density at radius 2 is 1.74 bits per heavy atom. The van der Waals surface area contributed by atoms with E-state index in [1.807, 2.05) is 0 Å². The number of amides is 1. The maximum Gasteiger partial charge on any atom is 0.247 e. The molecule has 102 valence electrons. The number of rotatable bonds is 6. The molecular formula is C14H17NO4. The number of carbonyl (C=O) groups is 1. The summed E-state index contributed by atoms with van der Waals surface area (Å²) in [5.41, 5.74) is 0.805. The van der Waals surface area contributed by atoms with Crippen molar-refractivity contribution in [3.63, 3.8) is 0 Å². The summed E-state index contributed by atoms with van der Waals surface area (Å²) in [5.74, 6) is 1.36. The Labute approximate surface area is 112 Å². The first-order valence-corrected chi connectivity index (χ1v) is 5.55. The zero-order valence-corrected chi connectivity index (χ0v) is 11.2. The molecule has 1 aromatic rings. The summed E-state index contributed by atoms with van der Waals surface area (Å²) in [5, 5.41) is 2.53. The minimum absolute atomic E-state index is 0.274.